The fraction of sp³-hybridized carbons (Fsp3) is 0.355. The summed E-state index contributed by atoms with van der Waals surface area (Å²) in [5.41, 5.74) is 1.94. The van der Waals surface area contributed by atoms with Crippen molar-refractivity contribution in [1.82, 2.24) is 10.2 Å². The Balaban J connectivity index is 1.79. The molecule has 0 aromatic heterocycles. The predicted molar refractivity (Wildman–Crippen MR) is 157 cm³/mol. The molecule has 5 nitrogen and oxygen atoms in total. The van der Waals surface area contributed by atoms with Crippen LogP contribution in [0.2, 0.25) is 5.02 Å². The molecule has 2 amide bonds. The summed E-state index contributed by atoms with van der Waals surface area (Å²) in [6, 6.07) is 24.7. The second-order valence-corrected chi connectivity index (χ2v) is 10.7. The highest BCUT2D eigenvalue weighted by molar-refractivity contribution is 7.99. The van der Waals surface area contributed by atoms with E-state index in [4.69, 9.17) is 16.3 Å². The Hall–Kier alpha value is -2.96. The molecule has 3 rings (SSSR count). The highest BCUT2D eigenvalue weighted by atomic mass is 35.5. The smallest absolute Gasteiger partial charge is 0.243 e. The van der Waals surface area contributed by atoms with Crippen LogP contribution in [0, 0.1) is 0 Å². The first-order valence-electron chi connectivity index (χ1n) is 13.1. The number of ether oxygens (including phenoxy) is 1. The lowest BCUT2D eigenvalue weighted by atomic mass is 10.0. The third-order valence-electron chi connectivity index (χ3n) is 6.21. The van der Waals surface area contributed by atoms with Crippen molar-refractivity contribution in [1.29, 1.82) is 0 Å². The maximum atomic E-state index is 13.7. The Labute approximate surface area is 235 Å². The lowest BCUT2D eigenvalue weighted by Crippen LogP contribution is -2.50. The molecule has 0 fully saturated rings. The van der Waals surface area contributed by atoms with Crippen molar-refractivity contribution in [3.05, 3.63) is 95.0 Å². The Morgan fingerprint density at radius 3 is 2.42 bits per heavy atom. The number of halogens is 1. The number of amides is 2. The van der Waals surface area contributed by atoms with Gasteiger partial charge in [-0.15, -0.1) is 11.8 Å². The van der Waals surface area contributed by atoms with E-state index >= 15 is 0 Å². The van der Waals surface area contributed by atoms with Crippen LogP contribution in [0.3, 0.4) is 0 Å². The second kappa shape index (κ2) is 16.1. The molecular formula is C31H37ClN2O3S. The number of thioether (sulfide) groups is 1. The molecule has 38 heavy (non-hydrogen) atoms. The third kappa shape index (κ3) is 9.73. The minimum atomic E-state index is -0.614. The maximum absolute atomic E-state index is 13.7. The van der Waals surface area contributed by atoms with Gasteiger partial charge >= 0.3 is 0 Å². The number of benzene rings is 3. The van der Waals surface area contributed by atoms with Crippen LogP contribution in [-0.2, 0) is 22.6 Å². The molecule has 1 N–H and O–H groups in total. The molecule has 0 aliphatic heterocycles. The van der Waals surface area contributed by atoms with E-state index in [-0.39, 0.29) is 11.8 Å². The van der Waals surface area contributed by atoms with E-state index in [9.17, 15) is 9.59 Å². The first-order valence-corrected chi connectivity index (χ1v) is 14.5. The first-order chi connectivity index (χ1) is 18.5. The Bertz CT molecular complexity index is 1140. The van der Waals surface area contributed by atoms with Crippen LogP contribution in [0.5, 0.6) is 5.75 Å². The number of rotatable bonds is 15. The summed E-state index contributed by atoms with van der Waals surface area (Å²) in [5.74, 6) is 1.37. The standard InChI is InChI=1S/C31H37ClN2O3S/c1-3-4-19-33-31(36)29(22-24-10-6-5-7-11-24)34(23-25-12-8-13-27(21-25)37-2)30(35)14-9-20-38-28-17-15-26(32)16-18-28/h5-8,10-13,15-18,21,29H,3-4,9,14,19-20,22-23H2,1-2H3,(H,33,36). The minimum Gasteiger partial charge on any atom is -0.497 e. The van der Waals surface area contributed by atoms with Crippen LogP contribution in [0.25, 0.3) is 0 Å². The molecule has 0 bridgehead atoms. The first kappa shape index (κ1) is 29.6. The van der Waals surface area contributed by atoms with Crippen molar-refractivity contribution in [2.24, 2.45) is 0 Å². The molecule has 202 valence electrons. The summed E-state index contributed by atoms with van der Waals surface area (Å²) in [4.78, 5) is 30.1. The van der Waals surface area contributed by atoms with Gasteiger partial charge < -0.3 is 15.0 Å². The van der Waals surface area contributed by atoms with E-state index in [0.29, 0.717) is 37.4 Å². The zero-order valence-electron chi connectivity index (χ0n) is 22.2. The van der Waals surface area contributed by atoms with Gasteiger partial charge in [0.2, 0.25) is 11.8 Å². The van der Waals surface area contributed by atoms with Crippen molar-refractivity contribution < 1.29 is 14.3 Å². The number of nitrogens with one attached hydrogen (secondary N) is 1. The van der Waals surface area contributed by atoms with Gasteiger partial charge in [-0.3, -0.25) is 9.59 Å². The molecule has 0 aliphatic carbocycles. The molecule has 1 atom stereocenters. The van der Waals surface area contributed by atoms with E-state index in [2.05, 4.69) is 12.2 Å². The molecule has 0 aliphatic rings. The van der Waals surface area contributed by atoms with Crippen LogP contribution in [-0.4, -0.2) is 42.2 Å². The van der Waals surface area contributed by atoms with Gasteiger partial charge in [0.15, 0.2) is 0 Å². The molecule has 3 aromatic carbocycles. The molecule has 3 aromatic rings. The second-order valence-electron chi connectivity index (χ2n) is 9.13. The van der Waals surface area contributed by atoms with Gasteiger partial charge in [-0.25, -0.2) is 0 Å². The van der Waals surface area contributed by atoms with Crippen LogP contribution in [0.15, 0.2) is 83.8 Å². The summed E-state index contributed by atoms with van der Waals surface area (Å²) < 4.78 is 5.40. The Morgan fingerprint density at radius 1 is 0.974 bits per heavy atom. The molecule has 1 unspecified atom stereocenters. The molecule has 0 radical (unpaired) electrons. The van der Waals surface area contributed by atoms with E-state index in [1.165, 1.54) is 0 Å². The highest BCUT2D eigenvalue weighted by Gasteiger charge is 2.30. The fourth-order valence-electron chi connectivity index (χ4n) is 4.12. The number of methoxy groups -OCH3 is 1. The Kier molecular flexibility index (Phi) is 12.5. The predicted octanol–water partition coefficient (Wildman–Crippen LogP) is 6.78. The van der Waals surface area contributed by atoms with Crippen LogP contribution < -0.4 is 10.1 Å². The number of carbonyl (C=O) groups is 2. The summed E-state index contributed by atoms with van der Waals surface area (Å²) in [7, 11) is 1.62. The quantitative estimate of drug-likeness (QED) is 0.167. The third-order valence-corrected chi connectivity index (χ3v) is 7.56. The largest absolute Gasteiger partial charge is 0.497 e. The minimum absolute atomic E-state index is 0.0314. The van der Waals surface area contributed by atoms with Gasteiger partial charge in [0, 0.05) is 35.8 Å². The average molecular weight is 553 g/mol. The van der Waals surface area contributed by atoms with Crippen molar-refractivity contribution in [2.45, 2.75) is 56.5 Å². The zero-order chi connectivity index (χ0) is 27.2. The van der Waals surface area contributed by atoms with Crippen LogP contribution in [0.4, 0.5) is 0 Å². The molecule has 0 spiro atoms. The molecule has 7 heteroatoms. The molecule has 0 saturated heterocycles. The lowest BCUT2D eigenvalue weighted by molar-refractivity contribution is -0.141. The zero-order valence-corrected chi connectivity index (χ0v) is 23.8. The topological polar surface area (TPSA) is 58.6 Å². The monoisotopic (exact) mass is 552 g/mol. The number of hydrogen-bond donors (Lipinski definition) is 1. The van der Waals surface area contributed by atoms with Gasteiger partial charge in [-0.05, 0) is 66.1 Å². The Morgan fingerprint density at radius 2 is 1.71 bits per heavy atom. The number of hydrogen-bond acceptors (Lipinski definition) is 4. The van der Waals surface area contributed by atoms with Crippen molar-refractivity contribution in [2.75, 3.05) is 19.4 Å². The highest BCUT2D eigenvalue weighted by Crippen LogP contribution is 2.23. The molecule has 0 heterocycles. The number of unbranched alkanes of at least 4 members (excludes halogenated alkanes) is 1. The van der Waals surface area contributed by atoms with Gasteiger partial charge in [-0.2, -0.15) is 0 Å². The van der Waals surface area contributed by atoms with E-state index in [0.717, 1.165) is 40.4 Å². The maximum Gasteiger partial charge on any atom is 0.243 e. The fourth-order valence-corrected chi connectivity index (χ4v) is 5.09. The number of carbonyl (C=O) groups excluding carboxylic acids is 2. The summed E-state index contributed by atoms with van der Waals surface area (Å²) >= 11 is 7.69. The van der Waals surface area contributed by atoms with E-state index in [1.54, 1.807) is 23.8 Å². The summed E-state index contributed by atoms with van der Waals surface area (Å²) in [6.45, 7) is 3.02. The SMILES string of the molecule is CCCCNC(=O)C(Cc1ccccc1)N(Cc1cccc(OC)c1)C(=O)CCCSc1ccc(Cl)cc1. The van der Waals surface area contributed by atoms with Crippen molar-refractivity contribution in [3.63, 3.8) is 0 Å². The van der Waals surface area contributed by atoms with Crippen LogP contribution >= 0.6 is 23.4 Å². The van der Waals surface area contributed by atoms with E-state index < -0.39 is 6.04 Å². The molecular weight excluding hydrogens is 516 g/mol. The van der Waals surface area contributed by atoms with Crippen molar-refractivity contribution >= 4 is 35.2 Å². The van der Waals surface area contributed by atoms with E-state index in [1.807, 2.05) is 78.9 Å². The van der Waals surface area contributed by atoms with Gasteiger partial charge in [0.25, 0.3) is 0 Å². The normalized spacial score (nSPS) is 11.6. The average Bonchev–Trinajstić information content (AvgIpc) is 2.94. The van der Waals surface area contributed by atoms with Gasteiger partial charge in [-0.1, -0.05) is 67.4 Å². The van der Waals surface area contributed by atoms with Gasteiger partial charge in [0.1, 0.15) is 11.8 Å². The summed E-state index contributed by atoms with van der Waals surface area (Å²) in [5, 5.41) is 3.78. The van der Waals surface area contributed by atoms with Crippen molar-refractivity contribution in [3.8, 4) is 5.75 Å². The van der Waals surface area contributed by atoms with Crippen LogP contribution in [0.1, 0.15) is 43.7 Å². The molecule has 0 saturated carbocycles. The summed E-state index contributed by atoms with van der Waals surface area (Å²) in [6.07, 6.45) is 3.40. The number of nitrogens with zero attached hydrogens (tertiary/aromatic N) is 1. The lowest BCUT2D eigenvalue weighted by Gasteiger charge is -2.32. The van der Waals surface area contributed by atoms with Gasteiger partial charge in [0.05, 0.1) is 7.11 Å².